The number of thioether (sulfide) groups is 2. The Balaban J connectivity index is 1.30. The van der Waals surface area contributed by atoms with Gasteiger partial charge in [0, 0.05) is 11.5 Å². The maximum Gasteiger partial charge on any atom is 0.0900 e. The number of hydrogen-bond acceptors (Lipinski definition) is 4. The molecule has 2 aliphatic rings. The zero-order valence-electron chi connectivity index (χ0n) is 10.7. The average molecular weight is 276 g/mol. The third-order valence-corrected chi connectivity index (χ3v) is 5.65. The molecule has 3 atom stereocenters. The van der Waals surface area contributed by atoms with E-state index in [4.69, 9.17) is 9.47 Å². The molecule has 2 saturated heterocycles. The van der Waals surface area contributed by atoms with Crippen LogP contribution >= 0.6 is 23.5 Å². The van der Waals surface area contributed by atoms with Gasteiger partial charge in [0.2, 0.25) is 0 Å². The zero-order valence-corrected chi connectivity index (χ0v) is 12.4. The molecule has 2 rings (SSSR count). The van der Waals surface area contributed by atoms with Crippen LogP contribution in [-0.4, -0.2) is 48.4 Å². The molecule has 0 aromatic carbocycles. The SMILES string of the molecule is CC(CCCCSCC1CO1)CSCC1CO1. The fourth-order valence-electron chi connectivity index (χ4n) is 1.72. The van der Waals surface area contributed by atoms with Gasteiger partial charge in [-0.15, -0.1) is 0 Å². The van der Waals surface area contributed by atoms with Crippen LogP contribution in [0.15, 0.2) is 0 Å². The molecule has 3 unspecified atom stereocenters. The molecule has 2 nitrogen and oxygen atoms in total. The molecule has 0 aliphatic carbocycles. The van der Waals surface area contributed by atoms with E-state index < -0.39 is 0 Å². The molecule has 100 valence electrons. The van der Waals surface area contributed by atoms with E-state index in [-0.39, 0.29) is 0 Å². The summed E-state index contributed by atoms with van der Waals surface area (Å²) in [5, 5.41) is 0. The zero-order chi connectivity index (χ0) is 11.9. The Morgan fingerprint density at radius 1 is 1.06 bits per heavy atom. The Labute approximate surface area is 114 Å². The molecule has 0 aromatic rings. The first-order chi connectivity index (χ1) is 8.34. The summed E-state index contributed by atoms with van der Waals surface area (Å²) in [6, 6.07) is 0. The van der Waals surface area contributed by atoms with E-state index in [1.54, 1.807) is 0 Å². The monoisotopic (exact) mass is 276 g/mol. The number of unbranched alkanes of at least 4 members (excludes halogenated alkanes) is 1. The second kappa shape index (κ2) is 7.93. The van der Waals surface area contributed by atoms with Crippen LogP contribution in [0.5, 0.6) is 0 Å². The van der Waals surface area contributed by atoms with Crippen molar-refractivity contribution in [1.82, 2.24) is 0 Å². The minimum Gasteiger partial charge on any atom is -0.372 e. The second-order valence-corrected chi connectivity index (χ2v) is 7.35. The average Bonchev–Trinajstić information content (AvgIpc) is 3.15. The van der Waals surface area contributed by atoms with Crippen molar-refractivity contribution in [2.24, 2.45) is 5.92 Å². The summed E-state index contributed by atoms with van der Waals surface area (Å²) in [5.41, 5.74) is 0. The molecule has 0 N–H and O–H groups in total. The molecule has 2 aliphatic heterocycles. The van der Waals surface area contributed by atoms with Gasteiger partial charge < -0.3 is 9.47 Å². The van der Waals surface area contributed by atoms with E-state index in [1.165, 1.54) is 42.3 Å². The van der Waals surface area contributed by atoms with E-state index in [0.29, 0.717) is 12.2 Å². The Morgan fingerprint density at radius 3 is 2.35 bits per heavy atom. The molecule has 0 amide bonds. The smallest absolute Gasteiger partial charge is 0.0900 e. The van der Waals surface area contributed by atoms with Crippen molar-refractivity contribution in [3.8, 4) is 0 Å². The van der Waals surface area contributed by atoms with Gasteiger partial charge in [0.1, 0.15) is 0 Å². The summed E-state index contributed by atoms with van der Waals surface area (Å²) in [6.07, 6.45) is 5.34. The molecule has 0 saturated carbocycles. The van der Waals surface area contributed by atoms with Gasteiger partial charge in [-0.2, -0.15) is 23.5 Å². The third kappa shape index (κ3) is 7.60. The van der Waals surface area contributed by atoms with Crippen molar-refractivity contribution in [3.63, 3.8) is 0 Å². The van der Waals surface area contributed by atoms with Crippen LogP contribution in [0, 0.1) is 5.92 Å². The Kier molecular flexibility index (Phi) is 6.54. The minimum atomic E-state index is 0.591. The Hall–Kier alpha value is 0.620. The largest absolute Gasteiger partial charge is 0.372 e. The summed E-state index contributed by atoms with van der Waals surface area (Å²) >= 11 is 4.12. The third-order valence-electron chi connectivity index (χ3n) is 3.05. The standard InChI is InChI=1S/C13H24O2S2/c1-11(8-17-10-13-7-15-13)4-2-3-5-16-9-12-6-14-12/h11-13H,2-10H2,1H3. The highest BCUT2D eigenvalue weighted by Crippen LogP contribution is 2.21. The Morgan fingerprint density at radius 2 is 1.71 bits per heavy atom. The number of rotatable bonds is 11. The van der Waals surface area contributed by atoms with Crippen LogP contribution in [0.2, 0.25) is 0 Å². The van der Waals surface area contributed by atoms with Crippen molar-refractivity contribution < 1.29 is 9.47 Å². The summed E-state index contributed by atoms with van der Waals surface area (Å²) < 4.78 is 10.4. The lowest BCUT2D eigenvalue weighted by Crippen LogP contribution is -2.01. The van der Waals surface area contributed by atoms with Crippen molar-refractivity contribution >= 4 is 23.5 Å². The van der Waals surface area contributed by atoms with Crippen LogP contribution in [0.4, 0.5) is 0 Å². The molecular weight excluding hydrogens is 252 g/mol. The van der Waals surface area contributed by atoms with Crippen LogP contribution in [-0.2, 0) is 9.47 Å². The van der Waals surface area contributed by atoms with Crippen molar-refractivity contribution in [1.29, 1.82) is 0 Å². The van der Waals surface area contributed by atoms with Gasteiger partial charge in [0.15, 0.2) is 0 Å². The number of hydrogen-bond donors (Lipinski definition) is 0. The maximum atomic E-state index is 5.21. The van der Waals surface area contributed by atoms with Crippen LogP contribution in [0.3, 0.4) is 0 Å². The van der Waals surface area contributed by atoms with Crippen LogP contribution < -0.4 is 0 Å². The molecule has 0 aromatic heterocycles. The molecule has 2 heterocycles. The molecule has 17 heavy (non-hydrogen) atoms. The van der Waals surface area contributed by atoms with E-state index in [1.807, 2.05) is 0 Å². The predicted octanol–water partition coefficient (Wildman–Crippen LogP) is 3.06. The van der Waals surface area contributed by atoms with Crippen LogP contribution in [0.25, 0.3) is 0 Å². The van der Waals surface area contributed by atoms with Crippen molar-refractivity contribution in [3.05, 3.63) is 0 Å². The van der Waals surface area contributed by atoms with Gasteiger partial charge >= 0.3 is 0 Å². The van der Waals surface area contributed by atoms with Gasteiger partial charge in [-0.3, -0.25) is 0 Å². The highest BCUT2D eigenvalue weighted by molar-refractivity contribution is 7.99. The molecule has 2 fully saturated rings. The lowest BCUT2D eigenvalue weighted by molar-refractivity contribution is 0.425. The summed E-state index contributed by atoms with van der Waals surface area (Å²) in [5.74, 6) is 5.92. The van der Waals surface area contributed by atoms with E-state index in [9.17, 15) is 0 Å². The van der Waals surface area contributed by atoms with Gasteiger partial charge in [0.25, 0.3) is 0 Å². The van der Waals surface area contributed by atoms with E-state index in [2.05, 4.69) is 30.4 Å². The molecule has 0 spiro atoms. The first-order valence-electron chi connectivity index (χ1n) is 6.73. The van der Waals surface area contributed by atoms with E-state index in [0.717, 1.165) is 19.1 Å². The lowest BCUT2D eigenvalue weighted by Gasteiger charge is -2.10. The summed E-state index contributed by atoms with van der Waals surface area (Å²) in [7, 11) is 0. The van der Waals surface area contributed by atoms with Crippen LogP contribution in [0.1, 0.15) is 26.2 Å². The second-order valence-electron chi connectivity index (χ2n) is 5.12. The van der Waals surface area contributed by atoms with Gasteiger partial charge in [0.05, 0.1) is 25.4 Å². The first kappa shape index (κ1) is 14.0. The normalized spacial score (nSPS) is 28.1. The molecule has 4 heteroatoms. The van der Waals surface area contributed by atoms with Gasteiger partial charge in [-0.1, -0.05) is 13.3 Å². The predicted molar refractivity (Wildman–Crippen MR) is 77.1 cm³/mol. The Bertz CT molecular complexity index is 206. The van der Waals surface area contributed by atoms with Crippen molar-refractivity contribution in [2.45, 2.75) is 38.4 Å². The first-order valence-corrected chi connectivity index (χ1v) is 9.04. The highest BCUT2D eigenvalue weighted by Gasteiger charge is 2.22. The summed E-state index contributed by atoms with van der Waals surface area (Å²) in [4.78, 5) is 0. The lowest BCUT2D eigenvalue weighted by atomic mass is 10.1. The van der Waals surface area contributed by atoms with Gasteiger partial charge in [-0.25, -0.2) is 0 Å². The maximum absolute atomic E-state index is 5.21. The number of epoxide rings is 2. The number of ether oxygens (including phenoxy) is 2. The summed E-state index contributed by atoms with van der Waals surface area (Å²) in [6.45, 7) is 4.39. The molecular formula is C13H24O2S2. The topological polar surface area (TPSA) is 25.1 Å². The quantitative estimate of drug-likeness (QED) is 0.428. The molecule has 0 bridgehead atoms. The van der Waals surface area contributed by atoms with E-state index >= 15 is 0 Å². The minimum absolute atomic E-state index is 0.591. The van der Waals surface area contributed by atoms with Gasteiger partial charge in [-0.05, 0) is 30.3 Å². The molecule has 0 radical (unpaired) electrons. The fraction of sp³-hybridized carbons (Fsp3) is 1.00. The highest BCUT2D eigenvalue weighted by atomic mass is 32.2. The fourth-order valence-corrected chi connectivity index (χ4v) is 3.91. The van der Waals surface area contributed by atoms with Crippen molar-refractivity contribution in [2.75, 3.05) is 36.2 Å².